The maximum atomic E-state index is 11.3. The van der Waals surface area contributed by atoms with E-state index in [0.29, 0.717) is 11.3 Å². The van der Waals surface area contributed by atoms with E-state index in [4.69, 9.17) is 0 Å². The molecule has 1 aromatic rings. The minimum absolute atomic E-state index is 0.244. The molecule has 1 aliphatic rings. The van der Waals surface area contributed by atoms with Crippen LogP contribution in [0.4, 0.5) is 5.69 Å². The SMILES string of the molecule is Cc1ccc(NC(C)CN2CCCCC2)c(C(=O)O)c1. The van der Waals surface area contributed by atoms with Gasteiger partial charge in [0.1, 0.15) is 0 Å². The van der Waals surface area contributed by atoms with Crippen LogP contribution in [0.1, 0.15) is 42.1 Å². The summed E-state index contributed by atoms with van der Waals surface area (Å²) in [5.41, 5.74) is 2.04. The second kappa shape index (κ2) is 6.75. The lowest BCUT2D eigenvalue weighted by Crippen LogP contribution is -2.38. The average molecular weight is 276 g/mol. The van der Waals surface area contributed by atoms with Crippen molar-refractivity contribution < 1.29 is 9.90 Å². The number of hydrogen-bond donors (Lipinski definition) is 2. The van der Waals surface area contributed by atoms with Gasteiger partial charge in [-0.2, -0.15) is 0 Å². The monoisotopic (exact) mass is 276 g/mol. The summed E-state index contributed by atoms with van der Waals surface area (Å²) in [5.74, 6) is -0.874. The van der Waals surface area contributed by atoms with Gasteiger partial charge < -0.3 is 15.3 Å². The summed E-state index contributed by atoms with van der Waals surface area (Å²) in [5, 5.41) is 12.6. The highest BCUT2D eigenvalue weighted by molar-refractivity contribution is 5.94. The molecule has 4 heteroatoms. The van der Waals surface area contributed by atoms with Crippen molar-refractivity contribution in [1.82, 2.24) is 4.90 Å². The summed E-state index contributed by atoms with van der Waals surface area (Å²) >= 11 is 0. The van der Waals surface area contributed by atoms with Crippen molar-refractivity contribution in [1.29, 1.82) is 0 Å². The molecule has 1 fully saturated rings. The van der Waals surface area contributed by atoms with Crippen LogP contribution in [0.15, 0.2) is 18.2 Å². The first-order valence-electron chi connectivity index (χ1n) is 7.39. The van der Waals surface area contributed by atoms with E-state index in [1.807, 2.05) is 19.1 Å². The Kier molecular flexibility index (Phi) is 5.01. The molecule has 1 unspecified atom stereocenters. The van der Waals surface area contributed by atoms with Gasteiger partial charge in [0.15, 0.2) is 0 Å². The number of piperidine rings is 1. The number of anilines is 1. The number of rotatable bonds is 5. The van der Waals surface area contributed by atoms with Crippen LogP contribution in [0, 0.1) is 6.92 Å². The smallest absolute Gasteiger partial charge is 0.337 e. The van der Waals surface area contributed by atoms with Crippen LogP contribution >= 0.6 is 0 Å². The average Bonchev–Trinajstić information content (AvgIpc) is 2.41. The van der Waals surface area contributed by atoms with E-state index in [0.717, 1.165) is 25.2 Å². The van der Waals surface area contributed by atoms with Crippen molar-refractivity contribution >= 4 is 11.7 Å². The molecule has 0 bridgehead atoms. The van der Waals surface area contributed by atoms with E-state index < -0.39 is 5.97 Å². The first-order chi connectivity index (χ1) is 9.56. The molecule has 110 valence electrons. The molecular formula is C16H24N2O2. The second-order valence-electron chi connectivity index (χ2n) is 5.76. The van der Waals surface area contributed by atoms with Crippen LogP contribution in [-0.4, -0.2) is 41.7 Å². The van der Waals surface area contributed by atoms with Gasteiger partial charge in [0.05, 0.1) is 5.56 Å². The van der Waals surface area contributed by atoms with E-state index in [9.17, 15) is 9.90 Å². The molecule has 1 aromatic carbocycles. The largest absolute Gasteiger partial charge is 0.478 e. The highest BCUT2D eigenvalue weighted by Crippen LogP contribution is 2.19. The molecule has 1 aliphatic heterocycles. The van der Waals surface area contributed by atoms with Crippen LogP contribution in [0.25, 0.3) is 0 Å². The highest BCUT2D eigenvalue weighted by atomic mass is 16.4. The van der Waals surface area contributed by atoms with Crippen LogP contribution in [0.3, 0.4) is 0 Å². The highest BCUT2D eigenvalue weighted by Gasteiger charge is 2.16. The predicted octanol–water partition coefficient (Wildman–Crippen LogP) is 2.98. The van der Waals surface area contributed by atoms with Crippen LogP contribution in [0.2, 0.25) is 0 Å². The summed E-state index contributed by atoms with van der Waals surface area (Å²) in [6.07, 6.45) is 3.88. The number of carboxylic acid groups (broad SMARTS) is 1. The van der Waals surface area contributed by atoms with Crippen molar-refractivity contribution in [2.75, 3.05) is 25.0 Å². The maximum absolute atomic E-state index is 11.3. The molecule has 1 heterocycles. The summed E-state index contributed by atoms with van der Waals surface area (Å²) in [6.45, 7) is 7.30. The zero-order chi connectivity index (χ0) is 14.5. The van der Waals surface area contributed by atoms with E-state index in [2.05, 4.69) is 17.1 Å². The Morgan fingerprint density at radius 1 is 1.35 bits per heavy atom. The molecule has 0 aliphatic carbocycles. The Hall–Kier alpha value is -1.55. The first-order valence-corrected chi connectivity index (χ1v) is 7.39. The van der Waals surface area contributed by atoms with Gasteiger partial charge in [-0.15, -0.1) is 0 Å². The predicted molar refractivity (Wildman–Crippen MR) is 81.5 cm³/mol. The third-order valence-corrected chi connectivity index (χ3v) is 3.79. The fourth-order valence-electron chi connectivity index (χ4n) is 2.80. The number of nitrogens with one attached hydrogen (secondary N) is 1. The molecule has 0 saturated carbocycles. The summed E-state index contributed by atoms with van der Waals surface area (Å²) in [4.78, 5) is 13.7. The van der Waals surface area contributed by atoms with Crippen molar-refractivity contribution in [3.8, 4) is 0 Å². The molecule has 0 radical (unpaired) electrons. The van der Waals surface area contributed by atoms with E-state index in [-0.39, 0.29) is 6.04 Å². The van der Waals surface area contributed by atoms with Gasteiger partial charge in [-0.05, 0) is 51.9 Å². The molecule has 4 nitrogen and oxygen atoms in total. The second-order valence-corrected chi connectivity index (χ2v) is 5.76. The fraction of sp³-hybridized carbons (Fsp3) is 0.562. The maximum Gasteiger partial charge on any atom is 0.337 e. The Bertz CT molecular complexity index is 468. The van der Waals surface area contributed by atoms with Gasteiger partial charge in [0.25, 0.3) is 0 Å². The van der Waals surface area contributed by atoms with Gasteiger partial charge in [-0.25, -0.2) is 4.79 Å². The van der Waals surface area contributed by atoms with E-state index in [1.165, 1.54) is 19.3 Å². The Balaban J connectivity index is 1.99. The first kappa shape index (κ1) is 14.9. The van der Waals surface area contributed by atoms with Gasteiger partial charge in [0.2, 0.25) is 0 Å². The third-order valence-electron chi connectivity index (χ3n) is 3.79. The molecule has 20 heavy (non-hydrogen) atoms. The minimum atomic E-state index is -0.874. The fourth-order valence-corrected chi connectivity index (χ4v) is 2.80. The van der Waals surface area contributed by atoms with Crippen molar-refractivity contribution in [2.24, 2.45) is 0 Å². The number of nitrogens with zero attached hydrogens (tertiary/aromatic N) is 1. The Morgan fingerprint density at radius 3 is 2.70 bits per heavy atom. The Labute approximate surface area is 120 Å². The zero-order valence-electron chi connectivity index (χ0n) is 12.4. The number of likely N-dealkylation sites (tertiary alicyclic amines) is 1. The van der Waals surface area contributed by atoms with Gasteiger partial charge >= 0.3 is 5.97 Å². The summed E-state index contributed by atoms with van der Waals surface area (Å²) < 4.78 is 0. The van der Waals surface area contributed by atoms with Crippen molar-refractivity contribution in [3.63, 3.8) is 0 Å². The number of carboxylic acids is 1. The third kappa shape index (κ3) is 3.97. The molecule has 0 spiro atoms. The molecule has 1 atom stereocenters. The quantitative estimate of drug-likeness (QED) is 0.868. The molecule has 0 aromatic heterocycles. The van der Waals surface area contributed by atoms with Crippen molar-refractivity contribution in [3.05, 3.63) is 29.3 Å². The number of hydrogen-bond acceptors (Lipinski definition) is 3. The van der Waals surface area contributed by atoms with Crippen LogP contribution in [-0.2, 0) is 0 Å². The lowest BCUT2D eigenvalue weighted by atomic mass is 10.1. The Morgan fingerprint density at radius 2 is 2.05 bits per heavy atom. The molecule has 2 N–H and O–H groups in total. The molecule has 2 rings (SSSR count). The van der Waals surface area contributed by atoms with Gasteiger partial charge in [0, 0.05) is 18.3 Å². The topological polar surface area (TPSA) is 52.6 Å². The normalized spacial score (nSPS) is 17.7. The number of aromatic carboxylic acids is 1. The van der Waals surface area contributed by atoms with Crippen LogP contribution < -0.4 is 5.32 Å². The summed E-state index contributed by atoms with van der Waals surface area (Å²) in [6, 6.07) is 5.78. The van der Waals surface area contributed by atoms with Gasteiger partial charge in [-0.1, -0.05) is 18.1 Å². The summed E-state index contributed by atoms with van der Waals surface area (Å²) in [7, 11) is 0. The number of aryl methyl sites for hydroxylation is 1. The lowest BCUT2D eigenvalue weighted by molar-refractivity contribution is 0.0698. The molecule has 0 amide bonds. The number of benzene rings is 1. The number of carbonyl (C=O) groups is 1. The minimum Gasteiger partial charge on any atom is -0.478 e. The van der Waals surface area contributed by atoms with E-state index in [1.54, 1.807) is 6.07 Å². The molecular weight excluding hydrogens is 252 g/mol. The van der Waals surface area contributed by atoms with Gasteiger partial charge in [-0.3, -0.25) is 0 Å². The lowest BCUT2D eigenvalue weighted by Gasteiger charge is -2.30. The van der Waals surface area contributed by atoms with Crippen molar-refractivity contribution in [2.45, 2.75) is 39.2 Å². The van der Waals surface area contributed by atoms with Crippen LogP contribution in [0.5, 0.6) is 0 Å². The van der Waals surface area contributed by atoms with E-state index >= 15 is 0 Å². The zero-order valence-corrected chi connectivity index (χ0v) is 12.4. The molecule has 1 saturated heterocycles. The standard InChI is InChI=1S/C16H24N2O2/c1-12-6-7-15(14(10-12)16(19)20)17-13(2)11-18-8-4-3-5-9-18/h6-7,10,13,17H,3-5,8-9,11H2,1-2H3,(H,19,20).